The van der Waals surface area contributed by atoms with Gasteiger partial charge in [0.1, 0.15) is 11.5 Å². The first-order valence-corrected chi connectivity index (χ1v) is 7.44. The lowest BCUT2D eigenvalue weighted by Gasteiger charge is -2.20. The summed E-state index contributed by atoms with van der Waals surface area (Å²) < 4.78 is 11.6. The van der Waals surface area contributed by atoms with E-state index >= 15 is 0 Å². The van der Waals surface area contributed by atoms with Gasteiger partial charge in [-0.1, -0.05) is 6.92 Å². The molecule has 0 aliphatic rings. The highest BCUT2D eigenvalue weighted by Gasteiger charge is 2.11. The van der Waals surface area contributed by atoms with E-state index in [-0.39, 0.29) is 0 Å². The van der Waals surface area contributed by atoms with Gasteiger partial charge >= 0.3 is 0 Å². The highest BCUT2D eigenvalue weighted by Crippen LogP contribution is 2.23. The summed E-state index contributed by atoms with van der Waals surface area (Å²) in [5.41, 5.74) is 1.02. The van der Waals surface area contributed by atoms with Crippen LogP contribution >= 0.6 is 0 Å². The summed E-state index contributed by atoms with van der Waals surface area (Å²) >= 11 is 0. The molecule has 0 heterocycles. The summed E-state index contributed by atoms with van der Waals surface area (Å²) in [7, 11) is 0. The molecule has 122 valence electrons. The average molecular weight is 324 g/mol. The number of aliphatic imine (C=N–C) groups is 2. The van der Waals surface area contributed by atoms with E-state index in [1.54, 1.807) is 48.5 Å². The number of isocyanates is 2. The predicted octanol–water partition coefficient (Wildman–Crippen LogP) is 4.21. The Balaban J connectivity index is 2.05. The number of hydrogen-bond donors (Lipinski definition) is 0. The molecule has 24 heavy (non-hydrogen) atoms. The summed E-state index contributed by atoms with van der Waals surface area (Å²) in [6, 6.07) is 13.5. The summed E-state index contributed by atoms with van der Waals surface area (Å²) in [5, 5.41) is 0. The molecule has 2 aromatic rings. The molecule has 0 radical (unpaired) electrons. The van der Waals surface area contributed by atoms with Gasteiger partial charge in [-0.05, 0) is 55.0 Å². The Morgan fingerprint density at radius 1 is 0.833 bits per heavy atom. The normalized spacial score (nSPS) is 10.9. The molecule has 6 nitrogen and oxygen atoms in total. The molecule has 0 fully saturated rings. The van der Waals surface area contributed by atoms with Gasteiger partial charge in [-0.15, -0.1) is 0 Å². The fraction of sp³-hybridized carbons (Fsp3) is 0.222. The lowest BCUT2D eigenvalue weighted by Crippen LogP contribution is -2.23. The molecule has 0 amide bonds. The third kappa shape index (κ3) is 5.21. The van der Waals surface area contributed by atoms with Crippen LogP contribution in [0.4, 0.5) is 11.4 Å². The van der Waals surface area contributed by atoms with Gasteiger partial charge in [0.25, 0.3) is 0 Å². The van der Waals surface area contributed by atoms with Crippen molar-refractivity contribution in [3.63, 3.8) is 0 Å². The first-order chi connectivity index (χ1) is 11.7. The minimum absolute atomic E-state index is 0.462. The van der Waals surface area contributed by atoms with Crippen LogP contribution in [-0.4, -0.2) is 18.4 Å². The van der Waals surface area contributed by atoms with Crippen molar-refractivity contribution in [2.75, 3.05) is 0 Å². The van der Waals surface area contributed by atoms with Crippen molar-refractivity contribution < 1.29 is 19.1 Å². The SMILES string of the molecule is CCCC(Oc1ccc(N=C=O)cc1)Oc1ccc(N=C=O)cc1. The van der Waals surface area contributed by atoms with Crippen LogP contribution in [0.2, 0.25) is 0 Å². The van der Waals surface area contributed by atoms with E-state index in [0.29, 0.717) is 29.3 Å². The van der Waals surface area contributed by atoms with Crippen molar-refractivity contribution in [2.45, 2.75) is 26.1 Å². The number of nitrogens with zero attached hydrogens (tertiary/aromatic N) is 2. The van der Waals surface area contributed by atoms with Gasteiger partial charge in [-0.25, -0.2) is 9.59 Å². The van der Waals surface area contributed by atoms with E-state index in [1.165, 1.54) is 12.2 Å². The Morgan fingerprint density at radius 3 is 1.58 bits per heavy atom. The molecule has 0 unspecified atom stereocenters. The van der Waals surface area contributed by atoms with E-state index in [2.05, 4.69) is 9.98 Å². The van der Waals surface area contributed by atoms with E-state index in [0.717, 1.165) is 6.42 Å². The Hall–Kier alpha value is -3.20. The Kier molecular flexibility index (Phi) is 6.47. The van der Waals surface area contributed by atoms with Crippen LogP contribution in [0.3, 0.4) is 0 Å². The maximum atomic E-state index is 10.2. The van der Waals surface area contributed by atoms with Gasteiger partial charge in [0.2, 0.25) is 18.4 Å². The molecule has 2 aromatic carbocycles. The van der Waals surface area contributed by atoms with Crippen LogP contribution in [0.1, 0.15) is 19.8 Å². The second kappa shape index (κ2) is 9.06. The lowest BCUT2D eigenvalue weighted by atomic mass is 10.3. The molecule has 0 spiro atoms. The largest absolute Gasteiger partial charge is 0.455 e. The van der Waals surface area contributed by atoms with Crippen molar-refractivity contribution in [1.29, 1.82) is 0 Å². The average Bonchev–Trinajstić information content (AvgIpc) is 2.59. The molecule has 0 bridgehead atoms. The smallest absolute Gasteiger partial charge is 0.241 e. The topological polar surface area (TPSA) is 77.3 Å². The Morgan fingerprint density at radius 2 is 1.25 bits per heavy atom. The number of hydrogen-bond acceptors (Lipinski definition) is 6. The van der Waals surface area contributed by atoms with Crippen LogP contribution < -0.4 is 9.47 Å². The molecule has 0 saturated heterocycles. The van der Waals surface area contributed by atoms with E-state index in [1.807, 2.05) is 6.92 Å². The summed E-state index contributed by atoms with van der Waals surface area (Å²) in [5.74, 6) is 1.22. The van der Waals surface area contributed by atoms with E-state index in [9.17, 15) is 9.59 Å². The standard InChI is InChI=1S/C18H16N2O4/c1-2-3-18(23-16-8-4-14(5-9-16)19-12-21)24-17-10-6-15(7-11-17)20-13-22/h4-11,18H,2-3H2,1H3. The van der Waals surface area contributed by atoms with E-state index < -0.39 is 6.29 Å². The molecule has 0 N–H and O–H groups in total. The fourth-order valence-electron chi connectivity index (χ4n) is 1.99. The zero-order chi connectivity index (χ0) is 17.2. The van der Waals surface area contributed by atoms with Crippen molar-refractivity contribution >= 4 is 23.5 Å². The molecule has 2 rings (SSSR count). The number of rotatable bonds is 8. The van der Waals surface area contributed by atoms with Crippen LogP contribution in [-0.2, 0) is 9.59 Å². The molecule has 0 aliphatic carbocycles. The lowest BCUT2D eigenvalue weighted by molar-refractivity contribution is -0.00102. The van der Waals surface area contributed by atoms with Crippen LogP contribution in [0.5, 0.6) is 11.5 Å². The van der Waals surface area contributed by atoms with Gasteiger partial charge in [-0.2, -0.15) is 9.98 Å². The monoisotopic (exact) mass is 324 g/mol. The van der Waals surface area contributed by atoms with Crippen LogP contribution in [0, 0.1) is 0 Å². The number of carbonyl (C=O) groups excluding carboxylic acids is 2. The van der Waals surface area contributed by atoms with Crippen molar-refractivity contribution in [3.8, 4) is 11.5 Å². The van der Waals surface area contributed by atoms with Gasteiger partial charge in [0.15, 0.2) is 0 Å². The highest BCUT2D eigenvalue weighted by atomic mass is 16.7. The maximum absolute atomic E-state index is 10.2. The first kappa shape index (κ1) is 17.2. The third-order valence-corrected chi connectivity index (χ3v) is 3.08. The Labute approximate surface area is 139 Å². The Bertz CT molecular complexity index is 680. The summed E-state index contributed by atoms with van der Waals surface area (Å²) in [6.07, 6.45) is 4.09. The van der Waals surface area contributed by atoms with Crippen molar-refractivity contribution in [1.82, 2.24) is 0 Å². The second-order valence-corrected chi connectivity index (χ2v) is 4.85. The molecule has 0 saturated carbocycles. The molecule has 6 heteroatoms. The summed E-state index contributed by atoms with van der Waals surface area (Å²) in [4.78, 5) is 27.5. The highest BCUT2D eigenvalue weighted by molar-refractivity contribution is 5.50. The summed E-state index contributed by atoms with van der Waals surface area (Å²) in [6.45, 7) is 2.03. The molecular weight excluding hydrogens is 308 g/mol. The third-order valence-electron chi connectivity index (χ3n) is 3.08. The van der Waals surface area contributed by atoms with Crippen LogP contribution in [0.25, 0.3) is 0 Å². The number of benzene rings is 2. The quantitative estimate of drug-likeness (QED) is 0.414. The molecule has 0 aliphatic heterocycles. The fourth-order valence-corrected chi connectivity index (χ4v) is 1.99. The number of ether oxygens (including phenoxy) is 2. The predicted molar refractivity (Wildman–Crippen MR) is 88.4 cm³/mol. The maximum Gasteiger partial charge on any atom is 0.241 e. The zero-order valence-electron chi connectivity index (χ0n) is 13.1. The molecular formula is C18H16N2O4. The first-order valence-electron chi connectivity index (χ1n) is 7.44. The van der Waals surface area contributed by atoms with Gasteiger partial charge in [0.05, 0.1) is 11.4 Å². The van der Waals surface area contributed by atoms with Crippen molar-refractivity contribution in [2.24, 2.45) is 9.98 Å². The van der Waals surface area contributed by atoms with E-state index in [4.69, 9.17) is 9.47 Å². The molecule has 0 aromatic heterocycles. The van der Waals surface area contributed by atoms with Gasteiger partial charge in [-0.3, -0.25) is 0 Å². The minimum Gasteiger partial charge on any atom is -0.455 e. The van der Waals surface area contributed by atoms with Gasteiger partial charge < -0.3 is 9.47 Å². The second-order valence-electron chi connectivity index (χ2n) is 4.85. The van der Waals surface area contributed by atoms with Crippen LogP contribution in [0.15, 0.2) is 58.5 Å². The van der Waals surface area contributed by atoms with Crippen molar-refractivity contribution in [3.05, 3.63) is 48.5 Å². The minimum atomic E-state index is -0.462. The molecule has 0 atom stereocenters. The zero-order valence-corrected chi connectivity index (χ0v) is 13.1. The van der Waals surface area contributed by atoms with Gasteiger partial charge in [0, 0.05) is 6.42 Å².